The van der Waals surface area contributed by atoms with Gasteiger partial charge in [-0.3, -0.25) is 4.79 Å². The fourth-order valence-electron chi connectivity index (χ4n) is 2.47. The molecule has 0 aliphatic carbocycles. The molecule has 2 rings (SSSR count). The molecule has 21 heavy (non-hydrogen) atoms. The number of nitrogens with one attached hydrogen (secondary N) is 1. The summed E-state index contributed by atoms with van der Waals surface area (Å²) >= 11 is 0. The van der Waals surface area contributed by atoms with Crippen molar-refractivity contribution in [2.45, 2.75) is 39.7 Å². The van der Waals surface area contributed by atoms with Crippen LogP contribution in [0, 0.1) is 13.8 Å². The number of rotatable bonds is 5. The molecule has 0 spiro atoms. The Morgan fingerprint density at radius 2 is 1.81 bits per heavy atom. The van der Waals surface area contributed by atoms with Crippen molar-refractivity contribution >= 4 is 5.91 Å². The average molecular weight is 281 g/mol. The number of hydrogen-bond acceptors (Lipinski definition) is 1. The Morgan fingerprint density at radius 1 is 1.10 bits per heavy atom. The Balaban J connectivity index is 1.90. The summed E-state index contributed by atoms with van der Waals surface area (Å²) < 4.78 is 0. The second-order valence-electron chi connectivity index (χ2n) is 5.72. The van der Waals surface area contributed by atoms with E-state index in [1.165, 1.54) is 11.1 Å². The van der Waals surface area contributed by atoms with E-state index >= 15 is 0 Å². The van der Waals surface area contributed by atoms with E-state index in [-0.39, 0.29) is 11.9 Å². The van der Waals surface area contributed by atoms with Crippen LogP contribution in [-0.2, 0) is 6.42 Å². The molecule has 2 aromatic carbocycles. The van der Waals surface area contributed by atoms with Crippen LogP contribution in [0.15, 0.2) is 48.5 Å². The standard InChI is InChI=1S/C19H23NO/c1-14-9-12-18(15(2)13-14)19(21)20-16(3)10-11-17-7-5-4-6-8-17/h4-9,12-13,16H,10-11H2,1-3H3,(H,20,21)/t16-/m0/s1. The predicted octanol–water partition coefficient (Wildman–Crippen LogP) is 4.05. The second kappa shape index (κ2) is 7.07. The van der Waals surface area contributed by atoms with Crippen molar-refractivity contribution in [3.05, 3.63) is 70.8 Å². The van der Waals surface area contributed by atoms with Crippen LogP contribution in [-0.4, -0.2) is 11.9 Å². The Bertz CT molecular complexity index is 604. The van der Waals surface area contributed by atoms with Gasteiger partial charge in [-0.25, -0.2) is 0 Å². The summed E-state index contributed by atoms with van der Waals surface area (Å²) in [6.07, 6.45) is 1.93. The van der Waals surface area contributed by atoms with Gasteiger partial charge in [-0.1, -0.05) is 48.0 Å². The molecule has 2 aromatic rings. The van der Waals surface area contributed by atoms with Crippen molar-refractivity contribution in [3.8, 4) is 0 Å². The highest BCUT2D eigenvalue weighted by Gasteiger charge is 2.12. The molecule has 0 aromatic heterocycles. The fraction of sp³-hybridized carbons (Fsp3) is 0.316. The Labute approximate surface area is 127 Å². The zero-order chi connectivity index (χ0) is 15.2. The van der Waals surface area contributed by atoms with E-state index in [4.69, 9.17) is 0 Å². The van der Waals surface area contributed by atoms with Crippen molar-refractivity contribution in [2.24, 2.45) is 0 Å². The normalized spacial score (nSPS) is 12.0. The number of amides is 1. The van der Waals surface area contributed by atoms with Crippen molar-refractivity contribution < 1.29 is 4.79 Å². The van der Waals surface area contributed by atoms with Crippen LogP contribution in [0.2, 0.25) is 0 Å². The number of carbonyl (C=O) groups excluding carboxylic acids is 1. The molecular formula is C19H23NO. The highest BCUT2D eigenvalue weighted by Crippen LogP contribution is 2.11. The predicted molar refractivity (Wildman–Crippen MR) is 87.6 cm³/mol. The van der Waals surface area contributed by atoms with Gasteiger partial charge in [-0.05, 0) is 50.8 Å². The van der Waals surface area contributed by atoms with Crippen LogP contribution in [0.1, 0.15) is 40.4 Å². The van der Waals surface area contributed by atoms with E-state index < -0.39 is 0 Å². The van der Waals surface area contributed by atoms with Gasteiger partial charge in [0, 0.05) is 11.6 Å². The first-order chi connectivity index (χ1) is 10.1. The monoisotopic (exact) mass is 281 g/mol. The molecule has 0 radical (unpaired) electrons. The van der Waals surface area contributed by atoms with Gasteiger partial charge in [0.25, 0.3) is 5.91 Å². The Hall–Kier alpha value is -2.09. The van der Waals surface area contributed by atoms with E-state index in [0.29, 0.717) is 0 Å². The lowest BCUT2D eigenvalue weighted by Crippen LogP contribution is -2.33. The van der Waals surface area contributed by atoms with Crippen LogP contribution in [0.5, 0.6) is 0 Å². The summed E-state index contributed by atoms with van der Waals surface area (Å²) in [5.41, 5.74) is 4.29. The Kier molecular flexibility index (Phi) is 5.15. The largest absolute Gasteiger partial charge is 0.350 e. The molecule has 1 amide bonds. The lowest BCUT2D eigenvalue weighted by Gasteiger charge is -2.15. The maximum Gasteiger partial charge on any atom is 0.251 e. The lowest BCUT2D eigenvalue weighted by atomic mass is 10.0. The number of benzene rings is 2. The third-order valence-corrected chi connectivity index (χ3v) is 3.71. The molecule has 0 saturated heterocycles. The van der Waals surface area contributed by atoms with Crippen LogP contribution >= 0.6 is 0 Å². The summed E-state index contributed by atoms with van der Waals surface area (Å²) in [4.78, 5) is 12.3. The van der Waals surface area contributed by atoms with Crippen molar-refractivity contribution in [2.75, 3.05) is 0 Å². The maximum atomic E-state index is 12.3. The molecule has 2 nitrogen and oxygen atoms in total. The molecule has 0 fully saturated rings. The lowest BCUT2D eigenvalue weighted by molar-refractivity contribution is 0.0938. The van der Waals surface area contributed by atoms with E-state index in [9.17, 15) is 4.79 Å². The zero-order valence-electron chi connectivity index (χ0n) is 13.0. The minimum atomic E-state index is 0.0214. The molecular weight excluding hydrogens is 258 g/mol. The first-order valence-corrected chi connectivity index (χ1v) is 7.48. The maximum absolute atomic E-state index is 12.3. The smallest absolute Gasteiger partial charge is 0.251 e. The molecule has 0 bridgehead atoms. The summed E-state index contributed by atoms with van der Waals surface area (Å²) in [5.74, 6) is 0.0214. The van der Waals surface area contributed by atoms with Gasteiger partial charge in [-0.15, -0.1) is 0 Å². The highest BCUT2D eigenvalue weighted by molar-refractivity contribution is 5.95. The van der Waals surface area contributed by atoms with Gasteiger partial charge in [0.2, 0.25) is 0 Å². The van der Waals surface area contributed by atoms with E-state index in [2.05, 4.69) is 24.4 Å². The molecule has 0 heterocycles. The summed E-state index contributed by atoms with van der Waals surface area (Å²) in [6, 6.07) is 16.5. The van der Waals surface area contributed by atoms with Crippen LogP contribution in [0.3, 0.4) is 0 Å². The molecule has 0 aliphatic heterocycles. The summed E-state index contributed by atoms with van der Waals surface area (Å²) in [5, 5.41) is 3.09. The molecule has 0 saturated carbocycles. The minimum absolute atomic E-state index is 0.0214. The topological polar surface area (TPSA) is 29.1 Å². The number of hydrogen-bond donors (Lipinski definition) is 1. The highest BCUT2D eigenvalue weighted by atomic mass is 16.1. The van der Waals surface area contributed by atoms with Crippen molar-refractivity contribution in [3.63, 3.8) is 0 Å². The number of carbonyl (C=O) groups is 1. The molecule has 0 unspecified atom stereocenters. The summed E-state index contributed by atoms with van der Waals surface area (Å²) in [7, 11) is 0. The van der Waals surface area contributed by atoms with E-state index in [1.54, 1.807) is 0 Å². The van der Waals surface area contributed by atoms with Crippen molar-refractivity contribution in [1.29, 1.82) is 0 Å². The van der Waals surface area contributed by atoms with Crippen molar-refractivity contribution in [1.82, 2.24) is 5.32 Å². The first-order valence-electron chi connectivity index (χ1n) is 7.48. The van der Waals surface area contributed by atoms with Crippen LogP contribution in [0.4, 0.5) is 0 Å². The SMILES string of the molecule is Cc1ccc(C(=O)N[C@@H](C)CCc2ccccc2)c(C)c1. The zero-order valence-corrected chi connectivity index (χ0v) is 13.0. The molecule has 0 aliphatic rings. The fourth-order valence-corrected chi connectivity index (χ4v) is 2.47. The first kappa shape index (κ1) is 15.3. The van der Waals surface area contributed by atoms with Crippen LogP contribution < -0.4 is 5.32 Å². The van der Waals surface area contributed by atoms with E-state index in [1.807, 2.05) is 50.2 Å². The second-order valence-corrected chi connectivity index (χ2v) is 5.72. The minimum Gasteiger partial charge on any atom is -0.350 e. The number of aryl methyl sites for hydroxylation is 3. The van der Waals surface area contributed by atoms with Gasteiger partial charge in [0.1, 0.15) is 0 Å². The van der Waals surface area contributed by atoms with Gasteiger partial charge in [0.15, 0.2) is 0 Å². The van der Waals surface area contributed by atoms with Crippen LogP contribution in [0.25, 0.3) is 0 Å². The average Bonchev–Trinajstić information content (AvgIpc) is 2.46. The Morgan fingerprint density at radius 3 is 2.48 bits per heavy atom. The van der Waals surface area contributed by atoms with E-state index in [0.717, 1.165) is 24.0 Å². The van der Waals surface area contributed by atoms with Gasteiger partial charge >= 0.3 is 0 Å². The third kappa shape index (κ3) is 4.45. The van der Waals surface area contributed by atoms with Gasteiger partial charge in [0.05, 0.1) is 0 Å². The van der Waals surface area contributed by atoms with Gasteiger partial charge in [-0.2, -0.15) is 0 Å². The van der Waals surface area contributed by atoms with Gasteiger partial charge < -0.3 is 5.32 Å². The molecule has 110 valence electrons. The molecule has 1 atom stereocenters. The third-order valence-electron chi connectivity index (χ3n) is 3.71. The summed E-state index contributed by atoms with van der Waals surface area (Å²) in [6.45, 7) is 6.08. The quantitative estimate of drug-likeness (QED) is 0.880. The molecule has 2 heteroatoms. The molecule has 1 N–H and O–H groups in total.